The number of halogens is 1. The standard InChI is InChI=1S/C13H17FO2S/c1-4-12(8-10(2)3)17(15,16)13-7-5-6-11(14)9-13/h4-7,9-10,12H,1,8H2,2-3H3. The smallest absolute Gasteiger partial charge is 0.184 e. The molecule has 4 heteroatoms. The topological polar surface area (TPSA) is 34.1 Å². The van der Waals surface area contributed by atoms with Crippen LogP contribution in [0, 0.1) is 11.7 Å². The Balaban J connectivity index is 3.13. The summed E-state index contributed by atoms with van der Waals surface area (Å²) in [6.45, 7) is 7.44. The molecule has 0 bridgehead atoms. The number of benzene rings is 1. The first kappa shape index (κ1) is 13.9. The van der Waals surface area contributed by atoms with E-state index < -0.39 is 20.9 Å². The fourth-order valence-corrected chi connectivity index (χ4v) is 3.42. The van der Waals surface area contributed by atoms with Crippen molar-refractivity contribution >= 4 is 9.84 Å². The molecule has 0 aliphatic rings. The van der Waals surface area contributed by atoms with Crippen molar-refractivity contribution in [2.45, 2.75) is 30.4 Å². The molecule has 0 fully saturated rings. The molecule has 0 spiro atoms. The summed E-state index contributed by atoms with van der Waals surface area (Å²) in [4.78, 5) is 0.0167. The van der Waals surface area contributed by atoms with Gasteiger partial charge in [0.25, 0.3) is 0 Å². The molecule has 1 aromatic carbocycles. The van der Waals surface area contributed by atoms with Crippen molar-refractivity contribution in [3.63, 3.8) is 0 Å². The van der Waals surface area contributed by atoms with Gasteiger partial charge in [-0.2, -0.15) is 0 Å². The van der Waals surface area contributed by atoms with Gasteiger partial charge in [0.05, 0.1) is 10.1 Å². The van der Waals surface area contributed by atoms with Crippen molar-refractivity contribution in [1.82, 2.24) is 0 Å². The number of sulfone groups is 1. The normalized spacial score (nSPS) is 13.6. The second-order valence-corrected chi connectivity index (χ2v) is 6.57. The van der Waals surface area contributed by atoms with Crippen molar-refractivity contribution in [2.24, 2.45) is 5.92 Å². The first-order valence-corrected chi connectivity index (χ1v) is 7.04. The van der Waals surface area contributed by atoms with Crippen LogP contribution >= 0.6 is 0 Å². The van der Waals surface area contributed by atoms with Crippen molar-refractivity contribution in [3.05, 3.63) is 42.7 Å². The van der Waals surface area contributed by atoms with E-state index in [0.717, 1.165) is 6.07 Å². The summed E-state index contributed by atoms with van der Waals surface area (Å²) in [7, 11) is -3.53. The Morgan fingerprint density at radius 1 is 1.41 bits per heavy atom. The molecular weight excluding hydrogens is 239 g/mol. The molecule has 0 saturated heterocycles. The third-order valence-electron chi connectivity index (χ3n) is 2.49. The molecule has 94 valence electrons. The van der Waals surface area contributed by atoms with Gasteiger partial charge in [-0.15, -0.1) is 6.58 Å². The van der Waals surface area contributed by atoms with Crippen LogP contribution in [0.4, 0.5) is 4.39 Å². The van der Waals surface area contributed by atoms with Gasteiger partial charge in [-0.3, -0.25) is 0 Å². The Hall–Kier alpha value is -1.16. The quantitative estimate of drug-likeness (QED) is 0.758. The van der Waals surface area contributed by atoms with Crippen molar-refractivity contribution in [1.29, 1.82) is 0 Å². The highest BCUT2D eigenvalue weighted by molar-refractivity contribution is 7.92. The monoisotopic (exact) mass is 256 g/mol. The molecule has 0 aliphatic heterocycles. The number of hydrogen-bond acceptors (Lipinski definition) is 2. The van der Waals surface area contributed by atoms with Crippen LogP contribution in [0.2, 0.25) is 0 Å². The van der Waals surface area contributed by atoms with Gasteiger partial charge in [0, 0.05) is 0 Å². The highest BCUT2D eigenvalue weighted by Crippen LogP contribution is 2.22. The second kappa shape index (κ2) is 5.45. The largest absolute Gasteiger partial charge is 0.223 e. The molecule has 1 unspecified atom stereocenters. The third kappa shape index (κ3) is 3.40. The average molecular weight is 256 g/mol. The van der Waals surface area contributed by atoms with Gasteiger partial charge in [-0.25, -0.2) is 12.8 Å². The highest BCUT2D eigenvalue weighted by atomic mass is 32.2. The van der Waals surface area contributed by atoms with Crippen LogP contribution in [0.3, 0.4) is 0 Å². The average Bonchev–Trinajstić information content (AvgIpc) is 2.25. The summed E-state index contributed by atoms with van der Waals surface area (Å²) in [5.74, 6) is -0.306. The van der Waals surface area contributed by atoms with E-state index >= 15 is 0 Å². The van der Waals surface area contributed by atoms with Crippen LogP contribution in [-0.4, -0.2) is 13.7 Å². The van der Waals surface area contributed by atoms with E-state index in [1.807, 2.05) is 13.8 Å². The van der Waals surface area contributed by atoms with Crippen LogP contribution in [0.25, 0.3) is 0 Å². The maximum atomic E-state index is 13.0. The predicted octanol–water partition coefficient (Wildman–Crippen LogP) is 3.20. The summed E-state index contributed by atoms with van der Waals surface area (Å²) >= 11 is 0. The molecule has 2 nitrogen and oxygen atoms in total. The Bertz CT molecular complexity index is 492. The lowest BCUT2D eigenvalue weighted by atomic mass is 10.1. The summed E-state index contributed by atoms with van der Waals surface area (Å²) < 4.78 is 37.5. The zero-order valence-electron chi connectivity index (χ0n) is 10.1. The molecule has 0 aromatic heterocycles. The first-order chi connectivity index (χ1) is 7.87. The highest BCUT2D eigenvalue weighted by Gasteiger charge is 2.25. The van der Waals surface area contributed by atoms with E-state index in [0.29, 0.717) is 6.42 Å². The van der Waals surface area contributed by atoms with E-state index in [1.165, 1.54) is 24.3 Å². The Morgan fingerprint density at radius 2 is 2.06 bits per heavy atom. The van der Waals surface area contributed by atoms with Gasteiger partial charge in [-0.1, -0.05) is 26.0 Å². The molecule has 1 rings (SSSR count). The van der Waals surface area contributed by atoms with Crippen molar-refractivity contribution < 1.29 is 12.8 Å². The lowest BCUT2D eigenvalue weighted by molar-refractivity contribution is 0.549. The van der Waals surface area contributed by atoms with Crippen molar-refractivity contribution in [3.8, 4) is 0 Å². The molecule has 0 aliphatic carbocycles. The molecule has 0 heterocycles. The van der Waals surface area contributed by atoms with Gasteiger partial charge >= 0.3 is 0 Å². The zero-order chi connectivity index (χ0) is 13.1. The lowest BCUT2D eigenvalue weighted by Crippen LogP contribution is -2.21. The molecule has 0 amide bonds. The number of hydrogen-bond donors (Lipinski definition) is 0. The van der Waals surface area contributed by atoms with Crippen LogP contribution in [0.1, 0.15) is 20.3 Å². The summed E-state index contributed by atoms with van der Waals surface area (Å²) in [6.07, 6.45) is 1.91. The van der Waals surface area contributed by atoms with E-state index in [4.69, 9.17) is 0 Å². The molecule has 0 saturated carbocycles. The minimum Gasteiger partial charge on any atom is -0.223 e. The first-order valence-electron chi connectivity index (χ1n) is 5.50. The molecule has 0 radical (unpaired) electrons. The summed E-state index contributed by atoms with van der Waals surface area (Å²) in [5.41, 5.74) is 0. The molecule has 0 N–H and O–H groups in total. The maximum absolute atomic E-state index is 13.0. The van der Waals surface area contributed by atoms with Gasteiger partial charge in [0.2, 0.25) is 0 Å². The minimum absolute atomic E-state index is 0.0167. The van der Waals surface area contributed by atoms with Gasteiger partial charge in [-0.05, 0) is 30.5 Å². The second-order valence-electron chi connectivity index (χ2n) is 4.41. The number of rotatable bonds is 5. The van der Waals surface area contributed by atoms with Crippen LogP contribution in [0.5, 0.6) is 0 Å². The van der Waals surface area contributed by atoms with E-state index in [-0.39, 0.29) is 10.8 Å². The molecule has 17 heavy (non-hydrogen) atoms. The molecular formula is C13H17FO2S. The van der Waals surface area contributed by atoms with E-state index in [1.54, 1.807) is 0 Å². The fourth-order valence-electron chi connectivity index (χ4n) is 1.63. The van der Waals surface area contributed by atoms with Gasteiger partial charge in [0.15, 0.2) is 9.84 Å². The van der Waals surface area contributed by atoms with E-state index in [2.05, 4.69) is 6.58 Å². The predicted molar refractivity (Wildman–Crippen MR) is 67.0 cm³/mol. The minimum atomic E-state index is -3.53. The fraction of sp³-hybridized carbons (Fsp3) is 0.385. The molecule has 1 aromatic rings. The Labute approximate surface area is 102 Å². The van der Waals surface area contributed by atoms with E-state index in [9.17, 15) is 12.8 Å². The SMILES string of the molecule is C=CC(CC(C)C)S(=O)(=O)c1cccc(F)c1. The van der Waals surface area contributed by atoms with Gasteiger partial charge < -0.3 is 0 Å². The Kier molecular flexibility index (Phi) is 4.46. The maximum Gasteiger partial charge on any atom is 0.184 e. The zero-order valence-corrected chi connectivity index (χ0v) is 10.9. The summed E-state index contributed by atoms with van der Waals surface area (Å²) in [5, 5.41) is -0.663. The Morgan fingerprint density at radius 3 is 2.53 bits per heavy atom. The summed E-state index contributed by atoms with van der Waals surface area (Å²) in [6, 6.07) is 5.09. The van der Waals surface area contributed by atoms with Crippen LogP contribution in [-0.2, 0) is 9.84 Å². The van der Waals surface area contributed by atoms with Crippen molar-refractivity contribution in [2.75, 3.05) is 0 Å². The lowest BCUT2D eigenvalue weighted by Gasteiger charge is -2.15. The van der Waals surface area contributed by atoms with Crippen LogP contribution in [0.15, 0.2) is 41.8 Å². The van der Waals surface area contributed by atoms with Crippen LogP contribution < -0.4 is 0 Å². The van der Waals surface area contributed by atoms with Gasteiger partial charge in [0.1, 0.15) is 5.82 Å². The molecule has 1 atom stereocenters. The third-order valence-corrected chi connectivity index (χ3v) is 4.58.